The normalized spacial score (nSPS) is 26.0. The molecule has 268 valence electrons. The Hall–Kier alpha value is -3.11. The Morgan fingerprint density at radius 1 is 0.840 bits per heavy atom. The van der Waals surface area contributed by atoms with Gasteiger partial charge in [0, 0.05) is 18.0 Å². The number of benzene rings is 2. The molecule has 2 aromatic carbocycles. The van der Waals surface area contributed by atoms with Gasteiger partial charge in [-0.05, 0) is 99.2 Å². The third kappa shape index (κ3) is 7.86. The zero-order chi connectivity index (χ0) is 36.9. The maximum Gasteiger partial charge on any atom is 0.328 e. The molecule has 3 N–H and O–H groups in total. The first kappa shape index (κ1) is 38.1. The van der Waals surface area contributed by atoms with Crippen LogP contribution in [0.2, 0.25) is 0 Å². The number of carbonyl (C=O) groups excluding carboxylic acids is 2. The number of hydrogen-bond donors (Lipinski definition) is 2. The average molecular weight is 833 g/mol. The lowest BCUT2D eigenvalue weighted by molar-refractivity contribution is -0.159. The van der Waals surface area contributed by atoms with E-state index in [0.717, 1.165) is 26.0 Å². The molecule has 0 bridgehead atoms. The molecule has 2 aliphatic carbocycles. The Morgan fingerprint density at radius 3 is 1.86 bits per heavy atom. The minimum Gasteiger partial charge on any atom is -0.459 e. The van der Waals surface area contributed by atoms with E-state index in [0.29, 0.717) is 5.00 Å². The van der Waals surface area contributed by atoms with Crippen molar-refractivity contribution in [3.05, 3.63) is 99.9 Å². The van der Waals surface area contributed by atoms with Gasteiger partial charge in [-0.15, -0.1) is 11.3 Å². The molecule has 4 aromatic rings. The van der Waals surface area contributed by atoms with Crippen LogP contribution < -0.4 is 10.5 Å². The standard InChI is InChI=1S/C22H24IN3O4S2.C15H21NO2/c1-14-19(15-8-6-5-7-9-15)22(14,20(27)30-21(2,3)4)25-32(28,29)18-11-10-17(31-18)26-13-16(23)12-24-26;1-10-12(11-8-6-5-7-9-11)15(10,16)13(17)18-14(2,3)4/h5-14,19,25H,1-4H3;5-10,12H,16H2,1-4H3/t14-,19?,22-;10-,12?,15-/m00/s1. The lowest BCUT2D eigenvalue weighted by Gasteiger charge is -2.25. The number of sulfonamides is 1. The van der Waals surface area contributed by atoms with Crippen LogP contribution in [0, 0.1) is 15.4 Å². The minimum atomic E-state index is -3.99. The van der Waals surface area contributed by atoms with Crippen LogP contribution in [0.25, 0.3) is 5.00 Å². The number of nitrogens with one attached hydrogen (secondary N) is 1. The molecular weight excluding hydrogens is 787 g/mol. The second-order valence-corrected chi connectivity index (χ2v) is 19.2. The van der Waals surface area contributed by atoms with Gasteiger partial charge < -0.3 is 15.2 Å². The van der Waals surface area contributed by atoms with E-state index in [-0.39, 0.29) is 33.9 Å². The molecule has 6 atom stereocenters. The second-order valence-electron chi connectivity index (χ2n) is 15.0. The van der Waals surface area contributed by atoms with Crippen molar-refractivity contribution in [1.29, 1.82) is 0 Å². The first-order valence-electron chi connectivity index (χ1n) is 16.4. The van der Waals surface area contributed by atoms with Crippen LogP contribution in [0.1, 0.15) is 78.4 Å². The highest BCUT2D eigenvalue weighted by atomic mass is 127. The highest BCUT2D eigenvalue weighted by Crippen LogP contribution is 2.59. The van der Waals surface area contributed by atoms with Gasteiger partial charge in [-0.1, -0.05) is 74.5 Å². The Morgan fingerprint density at radius 2 is 1.36 bits per heavy atom. The SMILES string of the molecule is C[C@H]1C(c2ccccc2)[C@]1(N)C(=O)OC(C)(C)C.C[C@H]1C(c2ccccc2)[C@]1(NS(=O)(=O)c1ccc(-n2cc(I)cn2)s1)C(=O)OC(C)(C)C. The number of halogens is 1. The predicted octanol–water partition coefficient (Wildman–Crippen LogP) is 6.79. The van der Waals surface area contributed by atoms with E-state index in [9.17, 15) is 18.0 Å². The van der Waals surface area contributed by atoms with Crippen LogP contribution in [-0.4, -0.2) is 52.4 Å². The van der Waals surface area contributed by atoms with E-state index >= 15 is 0 Å². The zero-order valence-corrected chi connectivity index (χ0v) is 33.3. The Balaban J connectivity index is 0.000000228. The van der Waals surface area contributed by atoms with Gasteiger partial charge in [0.2, 0.25) is 0 Å². The molecule has 0 amide bonds. The van der Waals surface area contributed by atoms with E-state index in [1.54, 1.807) is 37.7 Å². The topological polar surface area (TPSA) is 143 Å². The van der Waals surface area contributed by atoms with Gasteiger partial charge in [0.15, 0.2) is 0 Å². The van der Waals surface area contributed by atoms with Crippen molar-refractivity contribution in [2.75, 3.05) is 0 Å². The van der Waals surface area contributed by atoms with Gasteiger partial charge in [-0.2, -0.15) is 9.82 Å². The van der Waals surface area contributed by atoms with E-state index in [1.807, 2.05) is 101 Å². The fraction of sp³-hybridized carbons (Fsp3) is 0.432. The summed E-state index contributed by atoms with van der Waals surface area (Å²) in [5.41, 5.74) is 4.78. The van der Waals surface area contributed by atoms with Crippen molar-refractivity contribution in [1.82, 2.24) is 14.5 Å². The molecule has 6 rings (SSSR count). The summed E-state index contributed by atoms with van der Waals surface area (Å²) in [6.07, 6.45) is 3.51. The van der Waals surface area contributed by atoms with Crippen molar-refractivity contribution in [2.24, 2.45) is 17.6 Å². The lowest BCUT2D eigenvalue weighted by Crippen LogP contribution is -2.48. The molecule has 2 saturated carbocycles. The fourth-order valence-electron chi connectivity index (χ4n) is 6.41. The Bertz CT molecular complexity index is 1950. The number of aromatic nitrogens is 2. The van der Waals surface area contributed by atoms with E-state index < -0.39 is 38.3 Å². The number of thiophene rings is 1. The van der Waals surface area contributed by atoms with Crippen LogP contribution in [0.5, 0.6) is 0 Å². The summed E-state index contributed by atoms with van der Waals surface area (Å²) >= 11 is 3.24. The van der Waals surface area contributed by atoms with Crippen LogP contribution in [0.15, 0.2) is 89.4 Å². The average Bonchev–Trinajstić information content (AvgIpc) is 3.50. The zero-order valence-electron chi connectivity index (χ0n) is 29.5. The number of hydrogen-bond acceptors (Lipinski definition) is 9. The molecular formula is C37H45IN4O6S2. The quantitative estimate of drug-likeness (QED) is 0.146. The van der Waals surface area contributed by atoms with Crippen molar-refractivity contribution in [3.63, 3.8) is 0 Å². The maximum absolute atomic E-state index is 13.4. The highest BCUT2D eigenvalue weighted by molar-refractivity contribution is 14.1. The Kier molecular flexibility index (Phi) is 10.5. The van der Waals surface area contributed by atoms with E-state index in [1.165, 1.54) is 6.07 Å². The third-order valence-electron chi connectivity index (χ3n) is 8.98. The van der Waals surface area contributed by atoms with Gasteiger partial charge in [-0.25, -0.2) is 17.9 Å². The van der Waals surface area contributed by atoms with Crippen molar-refractivity contribution >= 4 is 55.9 Å². The van der Waals surface area contributed by atoms with Crippen LogP contribution in [0.4, 0.5) is 0 Å². The highest BCUT2D eigenvalue weighted by Gasteiger charge is 2.71. The monoisotopic (exact) mass is 832 g/mol. The summed E-state index contributed by atoms with van der Waals surface area (Å²) in [6, 6.07) is 22.6. The van der Waals surface area contributed by atoms with Crippen LogP contribution >= 0.6 is 33.9 Å². The molecule has 2 fully saturated rings. The van der Waals surface area contributed by atoms with Crippen molar-refractivity contribution in [2.45, 2.75) is 93.7 Å². The molecule has 50 heavy (non-hydrogen) atoms. The molecule has 0 radical (unpaired) electrons. The predicted molar refractivity (Wildman–Crippen MR) is 203 cm³/mol. The summed E-state index contributed by atoms with van der Waals surface area (Å²) in [6.45, 7) is 14.8. The van der Waals surface area contributed by atoms with Crippen LogP contribution in [-0.2, 0) is 29.1 Å². The number of rotatable bonds is 8. The largest absolute Gasteiger partial charge is 0.459 e. The summed E-state index contributed by atoms with van der Waals surface area (Å²) in [5.74, 6) is -1.25. The summed E-state index contributed by atoms with van der Waals surface area (Å²) in [5, 5.41) is 4.90. The molecule has 13 heteroatoms. The Labute approximate surface area is 312 Å². The molecule has 2 heterocycles. The first-order chi connectivity index (χ1) is 23.2. The van der Waals surface area contributed by atoms with Gasteiger partial charge in [0.25, 0.3) is 10.0 Å². The molecule has 0 saturated heterocycles. The number of esters is 2. The summed E-state index contributed by atoms with van der Waals surface area (Å²) in [7, 11) is -3.99. The number of ether oxygens (including phenoxy) is 2. The number of nitrogens with two attached hydrogens (primary N) is 1. The molecule has 2 aliphatic rings. The molecule has 0 aliphatic heterocycles. The van der Waals surface area contributed by atoms with Crippen molar-refractivity contribution < 1.29 is 27.5 Å². The molecule has 10 nitrogen and oxygen atoms in total. The minimum absolute atomic E-state index is 0.0635. The smallest absolute Gasteiger partial charge is 0.328 e. The van der Waals surface area contributed by atoms with Gasteiger partial charge in [0.05, 0.1) is 9.77 Å². The number of carbonyl (C=O) groups is 2. The van der Waals surface area contributed by atoms with E-state index in [2.05, 4.69) is 32.4 Å². The van der Waals surface area contributed by atoms with Crippen LogP contribution in [0.3, 0.4) is 0 Å². The summed E-state index contributed by atoms with van der Waals surface area (Å²) in [4.78, 5) is 25.5. The lowest BCUT2D eigenvalue weighted by atomic mass is 10.1. The maximum atomic E-state index is 13.4. The second kappa shape index (κ2) is 13.8. The van der Waals surface area contributed by atoms with Gasteiger partial charge >= 0.3 is 11.9 Å². The van der Waals surface area contributed by atoms with Gasteiger partial charge in [-0.3, -0.25) is 4.79 Å². The fourth-order valence-corrected chi connectivity index (χ4v) is 9.48. The summed E-state index contributed by atoms with van der Waals surface area (Å²) < 4.78 is 43.3. The third-order valence-corrected chi connectivity index (χ3v) is 12.6. The first-order valence-corrected chi connectivity index (χ1v) is 19.8. The van der Waals surface area contributed by atoms with E-state index in [4.69, 9.17) is 15.2 Å². The van der Waals surface area contributed by atoms with Gasteiger partial charge in [0.1, 0.15) is 31.5 Å². The molecule has 2 unspecified atom stereocenters. The number of nitrogens with zero attached hydrogens (tertiary/aromatic N) is 2. The van der Waals surface area contributed by atoms with Crippen molar-refractivity contribution in [3.8, 4) is 5.00 Å². The molecule has 2 aromatic heterocycles. The molecule has 0 spiro atoms.